The third-order valence-electron chi connectivity index (χ3n) is 7.61. The van der Waals surface area contributed by atoms with Crippen molar-refractivity contribution < 1.29 is 0 Å². The maximum absolute atomic E-state index is 2.46. The Kier molecular flexibility index (Phi) is 8.62. The predicted molar refractivity (Wildman–Crippen MR) is 158 cm³/mol. The highest BCUT2D eigenvalue weighted by atomic mass is 14.3. The van der Waals surface area contributed by atoms with Gasteiger partial charge in [0.25, 0.3) is 0 Å². The fourth-order valence-corrected chi connectivity index (χ4v) is 5.63. The molecule has 0 radical (unpaired) electrons. The van der Waals surface area contributed by atoms with E-state index in [-0.39, 0.29) is 0 Å². The smallest absolute Gasteiger partial charge is 0.00951 e. The third-order valence-corrected chi connectivity index (χ3v) is 7.61. The van der Waals surface area contributed by atoms with E-state index in [4.69, 9.17) is 0 Å². The van der Waals surface area contributed by atoms with Crippen LogP contribution >= 0.6 is 0 Å². The van der Waals surface area contributed by atoms with Crippen LogP contribution in [0.3, 0.4) is 0 Å². The van der Waals surface area contributed by atoms with E-state index in [0.717, 1.165) is 25.7 Å². The lowest BCUT2D eigenvalue weighted by Crippen LogP contribution is -2.12. The highest BCUT2D eigenvalue weighted by Gasteiger charge is 2.25. The van der Waals surface area contributed by atoms with Gasteiger partial charge in [0.1, 0.15) is 0 Å². The van der Waals surface area contributed by atoms with Crippen LogP contribution in [0.5, 0.6) is 0 Å². The van der Waals surface area contributed by atoms with Gasteiger partial charge in [0.15, 0.2) is 0 Å². The Morgan fingerprint density at radius 1 is 0.514 bits per heavy atom. The lowest BCUT2D eigenvalue weighted by Gasteiger charge is -2.28. The lowest BCUT2D eigenvalue weighted by atomic mass is 9.76. The van der Waals surface area contributed by atoms with Crippen molar-refractivity contribution in [2.45, 2.75) is 43.4 Å². The molecule has 4 aromatic rings. The van der Waals surface area contributed by atoms with Gasteiger partial charge in [-0.3, -0.25) is 0 Å². The predicted octanol–water partition coefficient (Wildman–Crippen LogP) is 10.00. The van der Waals surface area contributed by atoms with Crippen LogP contribution in [-0.4, -0.2) is 0 Å². The van der Waals surface area contributed by atoms with E-state index >= 15 is 0 Å². The summed E-state index contributed by atoms with van der Waals surface area (Å²) >= 11 is 0. The molecule has 4 aromatic carbocycles. The number of hydrogen-bond donors (Lipinski definition) is 0. The molecule has 0 amide bonds. The molecule has 0 saturated carbocycles. The standard InChI is InChI=1S/C37H36/c1-6-16-30(17-7-1)26-27-35(31-18-8-2-9-19-31)28-36(32-20-10-3-11-21-32)29-37(33-22-12-4-13-23-33)34-24-14-5-15-25-34/h1-16,18-26,35-37H,17,27-29H2/b30-26-. The van der Waals surface area contributed by atoms with Crippen molar-refractivity contribution in [3.05, 3.63) is 180 Å². The molecule has 0 aromatic heterocycles. The molecule has 184 valence electrons. The lowest BCUT2D eigenvalue weighted by molar-refractivity contribution is 0.485. The van der Waals surface area contributed by atoms with Gasteiger partial charge in [0, 0.05) is 5.92 Å². The summed E-state index contributed by atoms with van der Waals surface area (Å²) in [6.45, 7) is 0. The molecule has 0 spiro atoms. The highest BCUT2D eigenvalue weighted by Crippen LogP contribution is 2.41. The number of benzene rings is 4. The Hall–Kier alpha value is -3.90. The zero-order chi connectivity index (χ0) is 25.1. The van der Waals surface area contributed by atoms with Gasteiger partial charge in [-0.15, -0.1) is 0 Å². The molecular formula is C37H36. The molecule has 0 N–H and O–H groups in total. The van der Waals surface area contributed by atoms with Crippen LogP contribution in [-0.2, 0) is 0 Å². The van der Waals surface area contributed by atoms with Gasteiger partial charge in [-0.2, -0.15) is 0 Å². The Bertz CT molecular complexity index is 1260. The molecule has 2 atom stereocenters. The van der Waals surface area contributed by atoms with Gasteiger partial charge in [-0.05, 0) is 65.3 Å². The van der Waals surface area contributed by atoms with Crippen LogP contribution in [0, 0.1) is 0 Å². The largest absolute Gasteiger partial charge is 0.0804 e. The molecule has 0 aliphatic heterocycles. The molecule has 0 saturated heterocycles. The topological polar surface area (TPSA) is 0 Å². The Balaban J connectivity index is 1.49. The Labute approximate surface area is 222 Å². The SMILES string of the molecule is C1=CC/C(=C\CC(CC(CC(c2ccccc2)c2ccccc2)c2ccccc2)c2ccccc2)C=C1. The summed E-state index contributed by atoms with van der Waals surface area (Å²) in [7, 11) is 0. The number of rotatable bonds is 10. The first-order chi connectivity index (χ1) is 18.4. The summed E-state index contributed by atoms with van der Waals surface area (Å²) in [5.41, 5.74) is 7.09. The van der Waals surface area contributed by atoms with Crippen molar-refractivity contribution >= 4 is 0 Å². The van der Waals surface area contributed by atoms with Crippen molar-refractivity contribution in [1.82, 2.24) is 0 Å². The summed E-state index contributed by atoms with van der Waals surface area (Å²) < 4.78 is 0. The van der Waals surface area contributed by atoms with E-state index in [2.05, 4.69) is 152 Å². The van der Waals surface area contributed by atoms with Gasteiger partial charge < -0.3 is 0 Å². The number of hydrogen-bond acceptors (Lipinski definition) is 0. The summed E-state index contributed by atoms with van der Waals surface area (Å²) in [5.74, 6) is 1.26. The van der Waals surface area contributed by atoms with Gasteiger partial charge in [-0.25, -0.2) is 0 Å². The maximum atomic E-state index is 2.46. The number of allylic oxidation sites excluding steroid dienone is 6. The summed E-state index contributed by atoms with van der Waals surface area (Å²) in [6.07, 6.45) is 15.6. The van der Waals surface area contributed by atoms with Gasteiger partial charge in [0.2, 0.25) is 0 Å². The fourth-order valence-electron chi connectivity index (χ4n) is 5.63. The van der Waals surface area contributed by atoms with Gasteiger partial charge in [0.05, 0.1) is 0 Å². The molecule has 0 fully saturated rings. The van der Waals surface area contributed by atoms with Crippen LogP contribution in [0.2, 0.25) is 0 Å². The average molecular weight is 481 g/mol. The minimum Gasteiger partial charge on any atom is -0.0804 e. The van der Waals surface area contributed by atoms with Crippen LogP contribution in [0.25, 0.3) is 0 Å². The van der Waals surface area contributed by atoms with E-state index in [1.165, 1.54) is 27.8 Å². The van der Waals surface area contributed by atoms with Gasteiger partial charge >= 0.3 is 0 Å². The molecule has 1 aliphatic carbocycles. The normalized spacial score (nSPS) is 15.6. The first-order valence-corrected chi connectivity index (χ1v) is 13.6. The van der Waals surface area contributed by atoms with Crippen molar-refractivity contribution in [1.29, 1.82) is 0 Å². The highest BCUT2D eigenvalue weighted by molar-refractivity contribution is 5.35. The summed E-state index contributed by atoms with van der Waals surface area (Å²) in [5, 5.41) is 0. The van der Waals surface area contributed by atoms with E-state index < -0.39 is 0 Å². The Morgan fingerprint density at radius 3 is 1.49 bits per heavy atom. The third kappa shape index (κ3) is 6.86. The molecule has 2 unspecified atom stereocenters. The average Bonchev–Trinajstić information content (AvgIpc) is 2.99. The van der Waals surface area contributed by atoms with Crippen LogP contribution in [0.4, 0.5) is 0 Å². The van der Waals surface area contributed by atoms with Crippen molar-refractivity contribution in [2.24, 2.45) is 0 Å². The van der Waals surface area contributed by atoms with Crippen molar-refractivity contribution in [3.8, 4) is 0 Å². The molecule has 0 heterocycles. The molecule has 0 bridgehead atoms. The summed E-state index contributed by atoms with van der Waals surface area (Å²) in [6, 6.07) is 44.4. The second-order valence-corrected chi connectivity index (χ2v) is 10.1. The minimum atomic E-state index is 0.355. The zero-order valence-electron chi connectivity index (χ0n) is 21.5. The maximum Gasteiger partial charge on any atom is 0.00951 e. The second-order valence-electron chi connectivity index (χ2n) is 10.1. The van der Waals surface area contributed by atoms with E-state index in [9.17, 15) is 0 Å². The van der Waals surface area contributed by atoms with E-state index in [1.807, 2.05) is 0 Å². The van der Waals surface area contributed by atoms with E-state index in [0.29, 0.717) is 17.8 Å². The van der Waals surface area contributed by atoms with E-state index in [1.54, 1.807) is 0 Å². The Morgan fingerprint density at radius 2 is 1.00 bits per heavy atom. The zero-order valence-corrected chi connectivity index (χ0v) is 21.5. The summed E-state index contributed by atoms with van der Waals surface area (Å²) in [4.78, 5) is 0. The van der Waals surface area contributed by atoms with Crippen LogP contribution in [0.1, 0.15) is 65.7 Å². The monoisotopic (exact) mass is 480 g/mol. The molecule has 0 heteroatoms. The molecule has 1 aliphatic rings. The van der Waals surface area contributed by atoms with Crippen LogP contribution < -0.4 is 0 Å². The molecule has 5 rings (SSSR count). The fraction of sp³-hybridized carbons (Fsp3) is 0.189. The molecular weight excluding hydrogens is 444 g/mol. The molecule has 37 heavy (non-hydrogen) atoms. The van der Waals surface area contributed by atoms with Crippen LogP contribution in [0.15, 0.2) is 157 Å². The first-order valence-electron chi connectivity index (χ1n) is 13.6. The minimum absolute atomic E-state index is 0.355. The van der Waals surface area contributed by atoms with Gasteiger partial charge in [-0.1, -0.05) is 152 Å². The first kappa shape index (κ1) is 24.8. The van der Waals surface area contributed by atoms with Crippen molar-refractivity contribution in [2.75, 3.05) is 0 Å². The second kappa shape index (κ2) is 12.9. The molecule has 0 nitrogen and oxygen atoms in total. The van der Waals surface area contributed by atoms with Crippen molar-refractivity contribution in [3.63, 3.8) is 0 Å². The quantitative estimate of drug-likeness (QED) is 0.212.